The summed E-state index contributed by atoms with van der Waals surface area (Å²) >= 11 is 6.13. The zero-order chi connectivity index (χ0) is 12.3. The molecule has 0 radical (unpaired) electrons. The molecule has 0 unspecified atom stereocenters. The normalized spacial score (nSPS) is 10.7. The second-order valence-corrected chi connectivity index (χ2v) is 4.27. The Hall–Kier alpha value is -1.48. The van der Waals surface area contributed by atoms with Crippen LogP contribution in [0.25, 0.3) is 10.9 Å². The van der Waals surface area contributed by atoms with Crippen LogP contribution < -0.4 is 0 Å². The van der Waals surface area contributed by atoms with Crippen LogP contribution in [0.4, 0.5) is 0 Å². The summed E-state index contributed by atoms with van der Waals surface area (Å²) in [7, 11) is 1.41. The molecule has 0 aliphatic rings. The number of nitrogens with zero attached hydrogens (tertiary/aromatic N) is 1. The quantitative estimate of drug-likeness (QED) is 0.781. The molecule has 0 aliphatic carbocycles. The third-order valence-electron chi connectivity index (χ3n) is 2.75. The molecule has 0 saturated heterocycles. The molecule has 0 fully saturated rings. The van der Waals surface area contributed by atoms with Gasteiger partial charge in [-0.3, -0.25) is 4.79 Å². The van der Waals surface area contributed by atoms with Gasteiger partial charge in [-0.15, -0.1) is 0 Å². The maximum Gasteiger partial charge on any atom is 0.305 e. The smallest absolute Gasteiger partial charge is 0.305 e. The van der Waals surface area contributed by atoms with Crippen molar-refractivity contribution in [2.45, 2.75) is 19.4 Å². The fourth-order valence-electron chi connectivity index (χ4n) is 1.88. The Morgan fingerprint density at radius 2 is 2.18 bits per heavy atom. The minimum Gasteiger partial charge on any atom is -0.469 e. The highest BCUT2D eigenvalue weighted by atomic mass is 35.5. The summed E-state index contributed by atoms with van der Waals surface area (Å²) in [5, 5.41) is 1.80. The Balaban J connectivity index is 2.11. The monoisotopic (exact) mass is 251 g/mol. The van der Waals surface area contributed by atoms with Crippen molar-refractivity contribution in [3.05, 3.63) is 35.5 Å². The van der Waals surface area contributed by atoms with E-state index in [0.29, 0.717) is 6.42 Å². The van der Waals surface area contributed by atoms with Crippen LogP contribution in [0.15, 0.2) is 30.5 Å². The first-order valence-corrected chi connectivity index (χ1v) is 5.90. The summed E-state index contributed by atoms with van der Waals surface area (Å²) in [5.41, 5.74) is 1.10. The van der Waals surface area contributed by atoms with E-state index >= 15 is 0 Å². The number of rotatable bonds is 4. The fourth-order valence-corrected chi connectivity index (χ4v) is 2.16. The van der Waals surface area contributed by atoms with E-state index in [1.807, 2.05) is 30.5 Å². The Labute approximate surface area is 105 Å². The van der Waals surface area contributed by atoms with Crippen LogP contribution in [0, 0.1) is 0 Å². The summed E-state index contributed by atoms with van der Waals surface area (Å²) in [6, 6.07) is 7.97. The van der Waals surface area contributed by atoms with Gasteiger partial charge in [-0.25, -0.2) is 0 Å². The zero-order valence-electron chi connectivity index (χ0n) is 9.65. The molecule has 0 amide bonds. The molecule has 3 nitrogen and oxygen atoms in total. The Kier molecular flexibility index (Phi) is 3.69. The van der Waals surface area contributed by atoms with Gasteiger partial charge in [0.25, 0.3) is 0 Å². The van der Waals surface area contributed by atoms with E-state index in [2.05, 4.69) is 9.30 Å². The van der Waals surface area contributed by atoms with Crippen LogP contribution >= 0.6 is 11.6 Å². The van der Waals surface area contributed by atoms with Gasteiger partial charge in [-0.2, -0.15) is 0 Å². The van der Waals surface area contributed by atoms with Gasteiger partial charge in [0.1, 0.15) is 0 Å². The van der Waals surface area contributed by atoms with Crippen molar-refractivity contribution < 1.29 is 9.53 Å². The average molecular weight is 252 g/mol. The lowest BCUT2D eigenvalue weighted by molar-refractivity contribution is -0.140. The predicted octanol–water partition coefficient (Wildman–Crippen LogP) is 3.25. The molecular weight excluding hydrogens is 238 g/mol. The van der Waals surface area contributed by atoms with Gasteiger partial charge < -0.3 is 9.30 Å². The maximum absolute atomic E-state index is 11.0. The number of carbonyl (C=O) groups excluding carboxylic acids is 1. The second kappa shape index (κ2) is 5.23. The molecule has 0 saturated carbocycles. The fraction of sp³-hybridized carbons (Fsp3) is 0.308. The number of hydrogen-bond acceptors (Lipinski definition) is 2. The molecule has 0 atom stereocenters. The maximum atomic E-state index is 11.0. The molecule has 1 aromatic carbocycles. The Morgan fingerprint density at radius 3 is 2.94 bits per heavy atom. The number of methoxy groups -OCH3 is 1. The van der Waals surface area contributed by atoms with E-state index < -0.39 is 0 Å². The summed E-state index contributed by atoms with van der Waals surface area (Å²) in [6.45, 7) is 0.766. The lowest BCUT2D eigenvalue weighted by Crippen LogP contribution is -2.03. The lowest BCUT2D eigenvalue weighted by Gasteiger charge is -2.04. The third-order valence-corrected chi connectivity index (χ3v) is 3.05. The van der Waals surface area contributed by atoms with Crippen molar-refractivity contribution in [3.8, 4) is 0 Å². The summed E-state index contributed by atoms with van der Waals surface area (Å²) in [6.07, 6.45) is 3.09. The van der Waals surface area contributed by atoms with Crippen molar-refractivity contribution in [1.82, 2.24) is 4.57 Å². The minimum atomic E-state index is -0.174. The van der Waals surface area contributed by atoms with Crippen molar-refractivity contribution >= 4 is 28.5 Å². The number of halogens is 1. The van der Waals surface area contributed by atoms with Gasteiger partial charge in [0.15, 0.2) is 0 Å². The minimum absolute atomic E-state index is 0.174. The summed E-state index contributed by atoms with van der Waals surface area (Å²) < 4.78 is 6.68. The van der Waals surface area contributed by atoms with Crippen molar-refractivity contribution in [3.63, 3.8) is 0 Å². The molecule has 90 valence electrons. The number of ether oxygens (including phenoxy) is 1. The molecule has 0 N–H and O–H groups in total. The number of hydrogen-bond donors (Lipinski definition) is 0. The Morgan fingerprint density at radius 1 is 1.41 bits per heavy atom. The largest absolute Gasteiger partial charge is 0.469 e. The Bertz CT molecular complexity index is 533. The van der Waals surface area contributed by atoms with E-state index in [0.717, 1.165) is 28.9 Å². The number of fused-ring (bicyclic) bond motifs is 1. The highest BCUT2D eigenvalue weighted by Crippen LogP contribution is 2.25. The molecule has 0 bridgehead atoms. The van der Waals surface area contributed by atoms with Gasteiger partial charge in [0, 0.05) is 30.1 Å². The van der Waals surface area contributed by atoms with Crippen LogP contribution in [0.2, 0.25) is 5.02 Å². The van der Waals surface area contributed by atoms with Gasteiger partial charge in [0.05, 0.1) is 12.1 Å². The van der Waals surface area contributed by atoms with Gasteiger partial charge in [0.2, 0.25) is 0 Å². The number of carbonyl (C=O) groups is 1. The first-order chi connectivity index (χ1) is 8.22. The molecular formula is C13H14ClNO2. The average Bonchev–Trinajstić information content (AvgIpc) is 2.67. The number of aryl methyl sites for hydroxylation is 1. The van der Waals surface area contributed by atoms with E-state index in [1.165, 1.54) is 7.11 Å². The van der Waals surface area contributed by atoms with Gasteiger partial charge in [-0.1, -0.05) is 29.8 Å². The van der Waals surface area contributed by atoms with Crippen molar-refractivity contribution in [2.24, 2.45) is 0 Å². The molecule has 4 heteroatoms. The highest BCUT2D eigenvalue weighted by molar-refractivity contribution is 6.35. The molecule has 0 spiro atoms. The van der Waals surface area contributed by atoms with Crippen LogP contribution in [-0.4, -0.2) is 17.6 Å². The molecule has 17 heavy (non-hydrogen) atoms. The van der Waals surface area contributed by atoms with Gasteiger partial charge >= 0.3 is 5.97 Å². The van der Waals surface area contributed by atoms with Crippen LogP contribution in [-0.2, 0) is 16.1 Å². The van der Waals surface area contributed by atoms with Crippen molar-refractivity contribution in [2.75, 3.05) is 7.11 Å². The van der Waals surface area contributed by atoms with Gasteiger partial charge in [-0.05, 0) is 12.5 Å². The standard InChI is InChI=1S/C13H14ClNO2/c1-17-13(16)7-4-8-15-9-11(14)10-5-2-3-6-12(10)15/h2-3,5-6,9H,4,7-8H2,1H3. The first kappa shape index (κ1) is 12.0. The third kappa shape index (κ3) is 2.61. The lowest BCUT2D eigenvalue weighted by atomic mass is 10.2. The number of para-hydroxylation sites is 1. The summed E-state index contributed by atoms with van der Waals surface area (Å²) in [5.74, 6) is -0.174. The van der Waals surface area contributed by atoms with E-state index in [9.17, 15) is 4.79 Å². The topological polar surface area (TPSA) is 31.2 Å². The summed E-state index contributed by atoms with van der Waals surface area (Å²) in [4.78, 5) is 11.0. The number of aromatic nitrogens is 1. The second-order valence-electron chi connectivity index (χ2n) is 3.87. The highest BCUT2D eigenvalue weighted by Gasteiger charge is 2.06. The van der Waals surface area contributed by atoms with Crippen LogP contribution in [0.5, 0.6) is 0 Å². The molecule has 0 aliphatic heterocycles. The van der Waals surface area contributed by atoms with Crippen molar-refractivity contribution in [1.29, 1.82) is 0 Å². The van der Waals surface area contributed by atoms with Crippen LogP contribution in [0.3, 0.4) is 0 Å². The van der Waals surface area contributed by atoms with E-state index in [-0.39, 0.29) is 5.97 Å². The van der Waals surface area contributed by atoms with E-state index in [1.54, 1.807) is 0 Å². The van der Waals surface area contributed by atoms with E-state index in [4.69, 9.17) is 11.6 Å². The molecule has 2 aromatic rings. The van der Waals surface area contributed by atoms with Crippen LogP contribution in [0.1, 0.15) is 12.8 Å². The predicted molar refractivity (Wildman–Crippen MR) is 68.2 cm³/mol. The number of esters is 1. The molecule has 1 heterocycles. The molecule has 2 rings (SSSR count). The zero-order valence-corrected chi connectivity index (χ0v) is 10.4. The molecule has 1 aromatic heterocycles. The SMILES string of the molecule is COC(=O)CCCn1cc(Cl)c2ccccc21. The first-order valence-electron chi connectivity index (χ1n) is 5.52. The number of benzene rings is 1.